The van der Waals surface area contributed by atoms with Gasteiger partial charge in [-0.05, 0) is 69.5 Å². The molecule has 0 saturated carbocycles. The maximum atomic E-state index is 11.9. The first-order valence-corrected chi connectivity index (χ1v) is 11.9. The molecule has 0 heterocycles. The summed E-state index contributed by atoms with van der Waals surface area (Å²) in [5.74, 6) is -1.87. The molecule has 1 aliphatic carbocycles. The SMILES string of the molecule is CCc1cc(C2(c3ccc(C(=O)O)c(CC)c3)c3ccccc3-c3ccccc32)ccc1C(=O)O. The van der Waals surface area contributed by atoms with Crippen LogP contribution in [0.2, 0.25) is 0 Å². The second-order valence-electron chi connectivity index (χ2n) is 8.90. The molecular formula is C31H26O4. The van der Waals surface area contributed by atoms with Gasteiger partial charge in [0.05, 0.1) is 16.5 Å². The quantitative estimate of drug-likeness (QED) is 0.299. The van der Waals surface area contributed by atoms with E-state index < -0.39 is 17.4 Å². The lowest BCUT2D eigenvalue weighted by atomic mass is 9.66. The third-order valence-corrected chi connectivity index (χ3v) is 7.25. The van der Waals surface area contributed by atoms with Crippen LogP contribution in [-0.4, -0.2) is 22.2 Å². The number of benzene rings is 4. The molecule has 0 radical (unpaired) electrons. The smallest absolute Gasteiger partial charge is 0.335 e. The number of fused-ring (bicyclic) bond motifs is 3. The van der Waals surface area contributed by atoms with Crippen LogP contribution in [0.5, 0.6) is 0 Å². The van der Waals surface area contributed by atoms with Gasteiger partial charge in [0.25, 0.3) is 0 Å². The largest absolute Gasteiger partial charge is 0.478 e. The van der Waals surface area contributed by atoms with Crippen molar-refractivity contribution in [2.24, 2.45) is 0 Å². The summed E-state index contributed by atoms with van der Waals surface area (Å²) in [6.07, 6.45) is 1.18. The zero-order valence-electron chi connectivity index (χ0n) is 19.7. The van der Waals surface area contributed by atoms with Gasteiger partial charge >= 0.3 is 11.9 Å². The Bertz CT molecular complexity index is 1370. The van der Waals surface area contributed by atoms with Crippen LogP contribution in [0.4, 0.5) is 0 Å². The average Bonchev–Trinajstić information content (AvgIpc) is 3.19. The highest BCUT2D eigenvalue weighted by atomic mass is 16.4. The van der Waals surface area contributed by atoms with Crippen LogP contribution in [0.1, 0.15) is 67.9 Å². The van der Waals surface area contributed by atoms with Gasteiger partial charge in [-0.2, -0.15) is 0 Å². The third-order valence-electron chi connectivity index (χ3n) is 7.25. The highest BCUT2D eigenvalue weighted by molar-refractivity contribution is 5.92. The predicted octanol–water partition coefficient (Wildman–Crippen LogP) is 6.57. The van der Waals surface area contributed by atoms with Crippen LogP contribution in [0, 0.1) is 0 Å². The van der Waals surface area contributed by atoms with Crippen molar-refractivity contribution in [1.29, 1.82) is 0 Å². The summed E-state index contributed by atoms with van der Waals surface area (Å²) in [6.45, 7) is 3.93. The summed E-state index contributed by atoms with van der Waals surface area (Å²) in [5, 5.41) is 19.5. The highest BCUT2D eigenvalue weighted by Gasteiger charge is 2.46. The summed E-state index contributed by atoms with van der Waals surface area (Å²) in [5.41, 5.74) is 7.88. The molecule has 0 amide bonds. The van der Waals surface area contributed by atoms with Crippen molar-refractivity contribution in [3.63, 3.8) is 0 Å². The lowest BCUT2D eigenvalue weighted by Crippen LogP contribution is -2.29. The molecule has 0 atom stereocenters. The predicted molar refractivity (Wildman–Crippen MR) is 136 cm³/mol. The van der Waals surface area contributed by atoms with Gasteiger partial charge in [-0.1, -0.05) is 86.6 Å². The van der Waals surface area contributed by atoms with E-state index in [1.165, 1.54) is 0 Å². The monoisotopic (exact) mass is 462 g/mol. The maximum absolute atomic E-state index is 11.9. The normalized spacial score (nSPS) is 13.2. The minimum absolute atomic E-state index is 0.307. The van der Waals surface area contributed by atoms with Crippen molar-refractivity contribution in [2.45, 2.75) is 32.1 Å². The number of carboxylic acids is 2. The Labute approximate surface area is 204 Å². The molecule has 1 aliphatic rings. The fourth-order valence-electron chi connectivity index (χ4n) is 5.68. The van der Waals surface area contributed by atoms with E-state index in [1.54, 1.807) is 12.1 Å². The number of aryl methyl sites for hydroxylation is 2. The lowest BCUT2D eigenvalue weighted by molar-refractivity contribution is 0.0685. The molecule has 0 aliphatic heterocycles. The molecule has 0 spiro atoms. The zero-order valence-corrected chi connectivity index (χ0v) is 19.7. The molecule has 2 N–H and O–H groups in total. The first kappa shape index (κ1) is 22.6. The third kappa shape index (κ3) is 3.28. The van der Waals surface area contributed by atoms with Crippen LogP contribution in [-0.2, 0) is 18.3 Å². The van der Waals surface area contributed by atoms with Crippen LogP contribution >= 0.6 is 0 Å². The molecule has 0 saturated heterocycles. The van der Waals surface area contributed by atoms with Gasteiger partial charge in [-0.25, -0.2) is 9.59 Å². The second-order valence-corrected chi connectivity index (χ2v) is 8.90. The second kappa shape index (κ2) is 8.55. The van der Waals surface area contributed by atoms with E-state index in [0.717, 1.165) is 44.5 Å². The van der Waals surface area contributed by atoms with Crippen LogP contribution in [0.15, 0.2) is 84.9 Å². The highest BCUT2D eigenvalue weighted by Crippen LogP contribution is 2.56. The van der Waals surface area contributed by atoms with E-state index in [9.17, 15) is 19.8 Å². The van der Waals surface area contributed by atoms with Crippen LogP contribution in [0.3, 0.4) is 0 Å². The Hall–Kier alpha value is -4.18. The molecule has 174 valence electrons. The number of hydrogen-bond acceptors (Lipinski definition) is 2. The Morgan fingerprint density at radius 3 is 1.40 bits per heavy atom. The van der Waals surface area contributed by atoms with Gasteiger partial charge < -0.3 is 10.2 Å². The van der Waals surface area contributed by atoms with E-state index in [2.05, 4.69) is 24.3 Å². The number of hydrogen-bond donors (Lipinski definition) is 2. The first-order chi connectivity index (χ1) is 16.9. The Morgan fingerprint density at radius 1 is 0.629 bits per heavy atom. The van der Waals surface area contributed by atoms with E-state index in [4.69, 9.17) is 0 Å². The summed E-state index contributed by atoms with van der Waals surface area (Å²) >= 11 is 0. The van der Waals surface area contributed by atoms with Gasteiger partial charge in [-0.15, -0.1) is 0 Å². The lowest BCUT2D eigenvalue weighted by Gasteiger charge is -2.35. The van der Waals surface area contributed by atoms with Crippen LogP contribution in [0.25, 0.3) is 11.1 Å². The van der Waals surface area contributed by atoms with Gasteiger partial charge in [0.2, 0.25) is 0 Å². The molecule has 4 aromatic carbocycles. The minimum Gasteiger partial charge on any atom is -0.478 e. The molecule has 0 bridgehead atoms. The molecule has 35 heavy (non-hydrogen) atoms. The van der Waals surface area contributed by atoms with Crippen molar-refractivity contribution < 1.29 is 19.8 Å². The van der Waals surface area contributed by atoms with E-state index in [-0.39, 0.29) is 0 Å². The molecule has 5 rings (SSSR count). The summed E-state index contributed by atoms with van der Waals surface area (Å²) in [6, 6.07) is 27.9. The Kier molecular flexibility index (Phi) is 5.52. The fraction of sp³-hybridized carbons (Fsp3) is 0.161. The van der Waals surface area contributed by atoms with Gasteiger partial charge in [0, 0.05) is 0 Å². The number of carbonyl (C=O) groups is 2. The number of aromatic carboxylic acids is 2. The number of carboxylic acid groups (broad SMARTS) is 2. The van der Waals surface area contributed by atoms with Crippen molar-refractivity contribution in [3.8, 4) is 11.1 Å². The van der Waals surface area contributed by atoms with Crippen molar-refractivity contribution in [3.05, 3.63) is 129 Å². The molecule has 0 fully saturated rings. The van der Waals surface area contributed by atoms with Gasteiger partial charge in [0.1, 0.15) is 0 Å². The first-order valence-electron chi connectivity index (χ1n) is 11.9. The van der Waals surface area contributed by atoms with E-state index in [0.29, 0.717) is 24.0 Å². The minimum atomic E-state index is -0.936. The maximum Gasteiger partial charge on any atom is 0.335 e. The van der Waals surface area contributed by atoms with Gasteiger partial charge in [0.15, 0.2) is 0 Å². The number of rotatable bonds is 6. The Morgan fingerprint density at radius 2 is 1.03 bits per heavy atom. The summed E-state index contributed by atoms with van der Waals surface area (Å²) in [4.78, 5) is 23.8. The van der Waals surface area contributed by atoms with Crippen molar-refractivity contribution in [2.75, 3.05) is 0 Å². The molecule has 0 aromatic heterocycles. The fourth-order valence-corrected chi connectivity index (χ4v) is 5.68. The van der Waals surface area contributed by atoms with E-state index >= 15 is 0 Å². The standard InChI is InChI=1S/C31H26O4/c1-3-19-17-21(13-15-23(19)29(32)33)31(22-14-16-24(30(34)35)20(4-2)18-22)27-11-7-5-9-25(27)26-10-6-8-12-28(26)31/h5-18H,3-4H2,1-2H3,(H,32,33)(H,34,35). The van der Waals surface area contributed by atoms with E-state index in [1.807, 2.05) is 62.4 Å². The summed E-state index contributed by atoms with van der Waals surface area (Å²) in [7, 11) is 0. The van der Waals surface area contributed by atoms with Crippen molar-refractivity contribution >= 4 is 11.9 Å². The van der Waals surface area contributed by atoms with Crippen LogP contribution < -0.4 is 0 Å². The molecule has 0 unspecified atom stereocenters. The van der Waals surface area contributed by atoms with Gasteiger partial charge in [-0.3, -0.25) is 0 Å². The zero-order chi connectivity index (χ0) is 24.7. The molecular weight excluding hydrogens is 436 g/mol. The molecule has 4 aromatic rings. The Balaban J connectivity index is 1.92. The molecule has 4 heteroatoms. The topological polar surface area (TPSA) is 74.6 Å². The summed E-state index contributed by atoms with van der Waals surface area (Å²) < 4.78 is 0. The van der Waals surface area contributed by atoms with Crippen molar-refractivity contribution in [1.82, 2.24) is 0 Å². The molecule has 4 nitrogen and oxygen atoms in total. The average molecular weight is 463 g/mol.